The minimum Gasteiger partial charge on any atom is -0.272 e. The zero-order chi connectivity index (χ0) is 21.5. The lowest BCUT2D eigenvalue weighted by atomic mass is 10.2. The van der Waals surface area contributed by atoms with E-state index in [-0.39, 0.29) is 11.7 Å². The molecule has 0 saturated carbocycles. The van der Waals surface area contributed by atoms with Crippen LogP contribution in [0.2, 0.25) is 0 Å². The van der Waals surface area contributed by atoms with Crippen LogP contribution in [0, 0.1) is 0 Å². The first-order valence-corrected chi connectivity index (χ1v) is 11.0. The number of hydrogen-bond donors (Lipinski definition) is 1. The average Bonchev–Trinajstić information content (AvgIpc) is 3.23. The second kappa shape index (κ2) is 10.1. The van der Waals surface area contributed by atoms with Gasteiger partial charge in [0, 0.05) is 34.3 Å². The third kappa shape index (κ3) is 5.41. The van der Waals surface area contributed by atoms with Crippen molar-refractivity contribution in [3.8, 4) is 17.1 Å². The van der Waals surface area contributed by atoms with E-state index in [2.05, 4.69) is 46.6 Å². The molecule has 3 heterocycles. The second-order valence-corrected chi connectivity index (χ2v) is 8.05. The number of rotatable bonds is 7. The van der Waals surface area contributed by atoms with Crippen molar-refractivity contribution in [2.24, 2.45) is 5.10 Å². The summed E-state index contributed by atoms with van der Waals surface area (Å²) in [4.78, 5) is 20.4. The number of thioether (sulfide) groups is 1. The van der Waals surface area contributed by atoms with Gasteiger partial charge in [-0.3, -0.25) is 19.3 Å². The van der Waals surface area contributed by atoms with Crippen LogP contribution in [0.4, 0.5) is 0 Å². The molecule has 0 fully saturated rings. The van der Waals surface area contributed by atoms with Crippen molar-refractivity contribution >= 4 is 39.8 Å². The van der Waals surface area contributed by atoms with Gasteiger partial charge in [0.25, 0.3) is 5.91 Å². The van der Waals surface area contributed by atoms with E-state index in [1.54, 1.807) is 24.7 Å². The summed E-state index contributed by atoms with van der Waals surface area (Å²) in [6.07, 6.45) is 6.56. The number of hydrogen-bond acceptors (Lipinski definition) is 7. The van der Waals surface area contributed by atoms with Crippen LogP contribution in [-0.2, 0) is 4.79 Å². The van der Waals surface area contributed by atoms with E-state index in [9.17, 15) is 4.79 Å². The molecule has 154 valence electrons. The van der Waals surface area contributed by atoms with Crippen molar-refractivity contribution in [2.75, 3.05) is 5.75 Å². The Morgan fingerprint density at radius 3 is 2.61 bits per heavy atom. The van der Waals surface area contributed by atoms with E-state index < -0.39 is 0 Å². The Bertz CT molecular complexity index is 1180. The van der Waals surface area contributed by atoms with Gasteiger partial charge in [0.05, 0.1) is 17.7 Å². The van der Waals surface area contributed by atoms with Crippen molar-refractivity contribution < 1.29 is 4.79 Å². The van der Waals surface area contributed by atoms with Crippen molar-refractivity contribution in [1.82, 2.24) is 30.2 Å². The van der Waals surface area contributed by atoms with Crippen LogP contribution in [0.15, 0.2) is 87.9 Å². The number of nitrogens with one attached hydrogen (secondary N) is 1. The van der Waals surface area contributed by atoms with Crippen LogP contribution in [0.1, 0.15) is 5.69 Å². The highest BCUT2D eigenvalue weighted by molar-refractivity contribution is 9.10. The Hall–Kier alpha value is -3.37. The van der Waals surface area contributed by atoms with Crippen LogP contribution in [0.5, 0.6) is 0 Å². The van der Waals surface area contributed by atoms with Crippen LogP contribution in [0.25, 0.3) is 17.1 Å². The minimum atomic E-state index is -0.256. The lowest BCUT2D eigenvalue weighted by molar-refractivity contribution is -0.118. The molecule has 0 atom stereocenters. The maximum absolute atomic E-state index is 12.2. The molecule has 1 amide bonds. The van der Waals surface area contributed by atoms with Crippen LogP contribution < -0.4 is 5.43 Å². The molecule has 0 aliphatic heterocycles. The summed E-state index contributed by atoms with van der Waals surface area (Å²) in [5, 5.41) is 13.2. The zero-order valence-corrected chi connectivity index (χ0v) is 18.5. The fourth-order valence-corrected chi connectivity index (χ4v) is 3.67. The molecule has 4 aromatic rings. The van der Waals surface area contributed by atoms with Gasteiger partial charge >= 0.3 is 0 Å². The molecule has 0 aliphatic carbocycles. The third-order valence-electron chi connectivity index (χ3n) is 4.06. The molecule has 0 spiro atoms. The zero-order valence-electron chi connectivity index (χ0n) is 16.1. The van der Waals surface area contributed by atoms with Gasteiger partial charge in [-0.25, -0.2) is 5.43 Å². The quantitative estimate of drug-likeness (QED) is 0.239. The molecule has 1 N–H and O–H groups in total. The Labute approximate surface area is 191 Å². The fourth-order valence-electron chi connectivity index (χ4n) is 2.66. The number of pyridine rings is 2. The Morgan fingerprint density at radius 2 is 1.87 bits per heavy atom. The number of hydrazone groups is 1. The standard InChI is InChI=1S/C21H16BrN7OS/c22-16-4-6-18(7-5-16)29-20(15-8-11-23-12-9-15)27-28-21(29)31-14-19(30)26-25-13-17-3-1-2-10-24-17/h1-13H,14H2,(H,26,30). The molecule has 31 heavy (non-hydrogen) atoms. The van der Waals surface area contributed by atoms with Crippen LogP contribution in [-0.4, -0.2) is 42.6 Å². The predicted molar refractivity (Wildman–Crippen MR) is 123 cm³/mol. The number of amides is 1. The summed E-state index contributed by atoms with van der Waals surface area (Å²) in [5.41, 5.74) is 4.93. The van der Waals surface area contributed by atoms with E-state index in [0.717, 1.165) is 15.7 Å². The Kier molecular flexibility index (Phi) is 6.80. The highest BCUT2D eigenvalue weighted by Gasteiger charge is 2.17. The summed E-state index contributed by atoms with van der Waals surface area (Å²) in [6.45, 7) is 0. The monoisotopic (exact) mass is 493 g/mol. The maximum Gasteiger partial charge on any atom is 0.250 e. The molecule has 3 aromatic heterocycles. The normalized spacial score (nSPS) is 11.0. The van der Waals surface area contributed by atoms with E-state index in [1.807, 2.05) is 53.1 Å². The van der Waals surface area contributed by atoms with Crippen molar-refractivity contribution in [3.05, 3.63) is 83.4 Å². The summed E-state index contributed by atoms with van der Waals surface area (Å²) in [6, 6.07) is 17.0. The van der Waals surface area contributed by atoms with Gasteiger partial charge in [-0.1, -0.05) is 33.8 Å². The highest BCUT2D eigenvalue weighted by Crippen LogP contribution is 2.28. The van der Waals surface area contributed by atoms with E-state index >= 15 is 0 Å². The first-order chi connectivity index (χ1) is 15.2. The molecule has 8 nitrogen and oxygen atoms in total. The molecule has 1 aromatic carbocycles. The smallest absolute Gasteiger partial charge is 0.250 e. The molecule has 0 saturated heterocycles. The number of benzene rings is 1. The first-order valence-electron chi connectivity index (χ1n) is 9.18. The lowest BCUT2D eigenvalue weighted by Gasteiger charge is -2.10. The second-order valence-electron chi connectivity index (χ2n) is 6.19. The SMILES string of the molecule is O=C(CSc1nnc(-c2ccncc2)n1-c1ccc(Br)cc1)NN=Cc1ccccn1. The van der Waals surface area contributed by atoms with Crippen molar-refractivity contribution in [2.45, 2.75) is 5.16 Å². The van der Waals surface area contributed by atoms with Gasteiger partial charge in [-0.05, 0) is 48.5 Å². The van der Waals surface area contributed by atoms with E-state index in [4.69, 9.17) is 0 Å². The predicted octanol–water partition coefficient (Wildman–Crippen LogP) is 3.73. The van der Waals surface area contributed by atoms with Gasteiger partial charge in [0.1, 0.15) is 0 Å². The summed E-state index contributed by atoms with van der Waals surface area (Å²) in [7, 11) is 0. The van der Waals surface area contributed by atoms with Gasteiger partial charge < -0.3 is 0 Å². The van der Waals surface area contributed by atoms with Gasteiger partial charge in [-0.2, -0.15) is 5.10 Å². The molecule has 0 unspecified atom stereocenters. The van der Waals surface area contributed by atoms with Crippen LogP contribution in [0.3, 0.4) is 0 Å². The number of carbonyl (C=O) groups excluding carboxylic acids is 1. The largest absolute Gasteiger partial charge is 0.272 e. The Balaban J connectivity index is 1.51. The maximum atomic E-state index is 12.2. The first kappa shape index (κ1) is 20.9. The van der Waals surface area contributed by atoms with E-state index in [1.165, 1.54) is 18.0 Å². The lowest BCUT2D eigenvalue weighted by Crippen LogP contribution is -2.20. The summed E-state index contributed by atoms with van der Waals surface area (Å²) >= 11 is 4.73. The molecule has 0 bridgehead atoms. The van der Waals surface area contributed by atoms with Crippen molar-refractivity contribution in [1.29, 1.82) is 0 Å². The molecule has 10 heteroatoms. The molecule has 4 rings (SSSR count). The Morgan fingerprint density at radius 1 is 1.06 bits per heavy atom. The molecular formula is C21H16BrN7OS. The average molecular weight is 494 g/mol. The molecule has 0 aliphatic rings. The van der Waals surface area contributed by atoms with Crippen molar-refractivity contribution in [3.63, 3.8) is 0 Å². The number of halogens is 1. The minimum absolute atomic E-state index is 0.130. The molecule has 0 radical (unpaired) electrons. The van der Waals surface area contributed by atoms with E-state index in [0.29, 0.717) is 16.7 Å². The number of aromatic nitrogens is 5. The fraction of sp³-hybridized carbons (Fsp3) is 0.0476. The highest BCUT2D eigenvalue weighted by atomic mass is 79.9. The van der Waals surface area contributed by atoms with Gasteiger partial charge in [0.15, 0.2) is 11.0 Å². The summed E-state index contributed by atoms with van der Waals surface area (Å²) in [5.74, 6) is 0.540. The summed E-state index contributed by atoms with van der Waals surface area (Å²) < 4.78 is 2.88. The molecular weight excluding hydrogens is 478 g/mol. The topological polar surface area (TPSA) is 98.0 Å². The number of carbonyl (C=O) groups is 1. The van der Waals surface area contributed by atoms with Gasteiger partial charge in [-0.15, -0.1) is 10.2 Å². The third-order valence-corrected chi connectivity index (χ3v) is 5.52. The van der Waals surface area contributed by atoms with Crippen LogP contribution >= 0.6 is 27.7 Å². The number of nitrogens with zero attached hydrogens (tertiary/aromatic N) is 6. The van der Waals surface area contributed by atoms with Gasteiger partial charge in [0.2, 0.25) is 0 Å².